The summed E-state index contributed by atoms with van der Waals surface area (Å²) in [5.41, 5.74) is -0.973. The minimum Gasteiger partial charge on any atom is -0.379 e. The molecule has 8 nitrogen and oxygen atoms in total. The van der Waals surface area contributed by atoms with Crippen molar-refractivity contribution in [3.8, 4) is 5.75 Å². The summed E-state index contributed by atoms with van der Waals surface area (Å²) in [6.07, 6.45) is -4.66. The van der Waals surface area contributed by atoms with Gasteiger partial charge in [0.05, 0.1) is 5.56 Å². The zero-order valence-corrected chi connectivity index (χ0v) is 14.1. The maximum absolute atomic E-state index is 12.7. The number of carbonyl (C=O) groups is 1. The summed E-state index contributed by atoms with van der Waals surface area (Å²) in [6.45, 7) is -0.960. The molecule has 0 aliphatic heterocycles. The van der Waals surface area contributed by atoms with Gasteiger partial charge in [0.25, 0.3) is 12.5 Å². The number of nitrogens with zero attached hydrogens (tertiary/aromatic N) is 1. The van der Waals surface area contributed by atoms with Crippen molar-refractivity contribution in [1.82, 2.24) is 0 Å². The lowest BCUT2D eigenvalue weighted by molar-refractivity contribution is -0.467. The molecule has 1 N–H and O–H groups in total. The van der Waals surface area contributed by atoms with Crippen LogP contribution in [0.2, 0.25) is 0 Å². The van der Waals surface area contributed by atoms with Crippen molar-refractivity contribution in [2.75, 3.05) is 11.9 Å². The molecule has 0 unspecified atom stereocenters. The maximum Gasteiger partial charge on any atom is 0.416 e. The van der Waals surface area contributed by atoms with Crippen molar-refractivity contribution < 1.29 is 35.5 Å². The Bertz CT molecular complexity index is 958. The predicted octanol–water partition coefficient (Wildman–Crippen LogP) is 2.69. The SMILES string of the molecule is O=C(C[N+](=O)[O-])Nc1ccc(S(=O)(=O)Oc2cccc(C(F)(F)F)c2)cc1. The molecule has 0 fully saturated rings. The van der Waals surface area contributed by atoms with Crippen LogP contribution in [0.3, 0.4) is 0 Å². The van der Waals surface area contributed by atoms with E-state index in [0.717, 1.165) is 42.5 Å². The number of anilines is 1. The minimum atomic E-state index is -4.66. The first kappa shape index (κ1) is 20.2. The van der Waals surface area contributed by atoms with Gasteiger partial charge in [0.2, 0.25) is 0 Å². The van der Waals surface area contributed by atoms with Gasteiger partial charge < -0.3 is 9.50 Å². The van der Waals surface area contributed by atoms with Crippen LogP contribution in [0.25, 0.3) is 0 Å². The van der Waals surface area contributed by atoms with Crippen molar-refractivity contribution in [3.05, 3.63) is 64.2 Å². The first-order valence-corrected chi connectivity index (χ1v) is 8.52. The number of nitro groups is 1. The summed E-state index contributed by atoms with van der Waals surface area (Å²) in [6, 6.07) is 7.74. The molecule has 0 spiro atoms. The molecule has 0 atom stereocenters. The number of nitrogens with one attached hydrogen (secondary N) is 1. The standard InChI is InChI=1S/C15H11F3N2O6S/c16-15(17,18)10-2-1-3-12(8-10)26-27(24,25)13-6-4-11(5-7-13)19-14(21)9-20(22)23/h1-8H,9H2,(H,19,21). The lowest BCUT2D eigenvalue weighted by atomic mass is 10.2. The van der Waals surface area contributed by atoms with E-state index in [1.54, 1.807) is 0 Å². The van der Waals surface area contributed by atoms with E-state index in [1.165, 1.54) is 0 Å². The van der Waals surface area contributed by atoms with Gasteiger partial charge in [0.15, 0.2) is 0 Å². The van der Waals surface area contributed by atoms with Gasteiger partial charge in [-0.2, -0.15) is 21.6 Å². The highest BCUT2D eigenvalue weighted by molar-refractivity contribution is 7.87. The van der Waals surface area contributed by atoms with Crippen LogP contribution in [-0.2, 0) is 21.1 Å². The highest BCUT2D eigenvalue weighted by Crippen LogP contribution is 2.32. The molecular weight excluding hydrogens is 393 g/mol. The molecule has 2 aromatic carbocycles. The minimum absolute atomic E-state index is 0.0971. The van der Waals surface area contributed by atoms with Crippen LogP contribution >= 0.6 is 0 Å². The van der Waals surface area contributed by atoms with Gasteiger partial charge in [0.1, 0.15) is 10.6 Å². The smallest absolute Gasteiger partial charge is 0.379 e. The van der Waals surface area contributed by atoms with E-state index in [4.69, 9.17) is 4.18 Å². The van der Waals surface area contributed by atoms with Gasteiger partial charge in [-0.15, -0.1) is 0 Å². The fraction of sp³-hybridized carbons (Fsp3) is 0.133. The highest BCUT2D eigenvalue weighted by Gasteiger charge is 2.31. The summed E-state index contributed by atoms with van der Waals surface area (Å²) in [7, 11) is -4.43. The topological polar surface area (TPSA) is 116 Å². The van der Waals surface area contributed by atoms with Gasteiger partial charge in [-0.3, -0.25) is 14.9 Å². The molecule has 144 valence electrons. The molecule has 12 heteroatoms. The van der Waals surface area contributed by atoms with Crippen LogP contribution in [0.1, 0.15) is 5.56 Å². The molecule has 2 aromatic rings. The van der Waals surface area contributed by atoms with Crippen molar-refractivity contribution in [3.63, 3.8) is 0 Å². The van der Waals surface area contributed by atoms with Gasteiger partial charge in [-0.05, 0) is 42.5 Å². The Morgan fingerprint density at radius 1 is 1.15 bits per heavy atom. The van der Waals surface area contributed by atoms with E-state index in [2.05, 4.69) is 5.32 Å². The summed E-state index contributed by atoms with van der Waals surface area (Å²) < 4.78 is 67.0. The second kappa shape index (κ2) is 7.61. The molecule has 0 aliphatic rings. The van der Waals surface area contributed by atoms with Crippen LogP contribution in [0.4, 0.5) is 18.9 Å². The number of hydrogen-bond acceptors (Lipinski definition) is 6. The third-order valence-electron chi connectivity index (χ3n) is 3.07. The number of alkyl halides is 3. The lowest BCUT2D eigenvalue weighted by Crippen LogP contribution is -2.21. The third kappa shape index (κ3) is 5.67. The summed E-state index contributed by atoms with van der Waals surface area (Å²) in [5, 5.41) is 12.4. The maximum atomic E-state index is 12.7. The number of rotatable bonds is 6. The first-order valence-electron chi connectivity index (χ1n) is 7.11. The third-order valence-corrected chi connectivity index (χ3v) is 4.33. The van der Waals surface area contributed by atoms with Gasteiger partial charge in [-0.25, -0.2) is 0 Å². The largest absolute Gasteiger partial charge is 0.416 e. The Morgan fingerprint density at radius 2 is 1.78 bits per heavy atom. The van der Waals surface area contributed by atoms with Gasteiger partial charge in [-0.1, -0.05) is 6.07 Å². The van der Waals surface area contributed by atoms with Crippen molar-refractivity contribution in [1.29, 1.82) is 0 Å². The summed E-state index contributed by atoms with van der Waals surface area (Å²) in [5.74, 6) is -1.43. The molecule has 27 heavy (non-hydrogen) atoms. The Labute approximate surface area is 150 Å². The Hall–Kier alpha value is -3.15. The zero-order valence-electron chi connectivity index (χ0n) is 13.3. The molecule has 1 amide bonds. The number of benzene rings is 2. The quantitative estimate of drug-likeness (QED) is 0.450. The van der Waals surface area contributed by atoms with Crippen LogP contribution in [0, 0.1) is 10.1 Å². The second-order valence-electron chi connectivity index (χ2n) is 5.13. The van der Waals surface area contributed by atoms with Gasteiger partial charge in [0, 0.05) is 10.6 Å². The lowest BCUT2D eigenvalue weighted by Gasteiger charge is -2.11. The summed E-state index contributed by atoms with van der Waals surface area (Å²) in [4.78, 5) is 20.3. The Balaban J connectivity index is 2.15. The van der Waals surface area contributed by atoms with E-state index in [9.17, 15) is 36.5 Å². The second-order valence-corrected chi connectivity index (χ2v) is 6.67. The van der Waals surface area contributed by atoms with Crippen LogP contribution in [0.5, 0.6) is 5.75 Å². The Kier molecular flexibility index (Phi) is 5.69. The molecule has 0 saturated heterocycles. The normalized spacial score (nSPS) is 11.7. The fourth-order valence-electron chi connectivity index (χ4n) is 1.92. The molecule has 0 aromatic heterocycles. The highest BCUT2D eigenvalue weighted by atomic mass is 32.2. The van der Waals surface area contributed by atoms with E-state index < -0.39 is 45.0 Å². The molecule has 0 radical (unpaired) electrons. The molecule has 0 bridgehead atoms. The van der Waals surface area contributed by atoms with E-state index in [-0.39, 0.29) is 10.6 Å². The monoisotopic (exact) mass is 404 g/mol. The predicted molar refractivity (Wildman–Crippen MR) is 86.2 cm³/mol. The Morgan fingerprint density at radius 3 is 2.33 bits per heavy atom. The molecule has 0 saturated carbocycles. The molecule has 2 rings (SSSR count). The molecular formula is C15H11F3N2O6S. The van der Waals surface area contributed by atoms with Crippen molar-refractivity contribution in [2.24, 2.45) is 0 Å². The van der Waals surface area contributed by atoms with Crippen LogP contribution in [0.15, 0.2) is 53.4 Å². The number of hydrogen-bond donors (Lipinski definition) is 1. The molecule has 0 aliphatic carbocycles. The van der Waals surface area contributed by atoms with Gasteiger partial charge >= 0.3 is 16.3 Å². The van der Waals surface area contributed by atoms with E-state index >= 15 is 0 Å². The van der Waals surface area contributed by atoms with E-state index in [1.807, 2.05) is 0 Å². The number of amides is 1. The average molecular weight is 404 g/mol. The molecule has 0 heterocycles. The zero-order chi connectivity index (χ0) is 20.2. The van der Waals surface area contributed by atoms with E-state index in [0.29, 0.717) is 6.07 Å². The first-order chi connectivity index (χ1) is 12.5. The fourth-order valence-corrected chi connectivity index (χ4v) is 2.84. The number of halogens is 3. The van der Waals surface area contributed by atoms with Crippen LogP contribution in [-0.4, -0.2) is 25.8 Å². The van der Waals surface area contributed by atoms with Crippen molar-refractivity contribution >= 4 is 21.7 Å². The summed E-state index contributed by atoms with van der Waals surface area (Å²) >= 11 is 0. The number of carbonyl (C=O) groups excluding carboxylic acids is 1. The average Bonchev–Trinajstić information content (AvgIpc) is 2.53. The van der Waals surface area contributed by atoms with Crippen molar-refractivity contribution in [2.45, 2.75) is 11.1 Å². The van der Waals surface area contributed by atoms with Crippen LogP contribution < -0.4 is 9.50 Å².